The number of methoxy groups -OCH3 is 2. The van der Waals surface area contributed by atoms with E-state index in [-0.39, 0.29) is 29.2 Å². The standard InChI is InChI=1S/C23H30N4O4S/c1-13(2)11-27-22(29)21-17(9-14(3)24-21)26-23(27)32-12-20(28)25-15(4)16-7-8-18(30-5)19(10-16)31-6/h7-10,13,15,24H,11-12H2,1-6H3,(H,25,28)/t15-/m1/s1. The molecule has 0 spiro atoms. The Morgan fingerprint density at radius 2 is 1.91 bits per heavy atom. The van der Waals surface area contributed by atoms with Gasteiger partial charge in [0.05, 0.1) is 31.5 Å². The number of H-pyrrole nitrogens is 1. The maximum Gasteiger partial charge on any atom is 0.278 e. The molecule has 0 aliphatic heterocycles. The molecule has 2 aromatic heterocycles. The lowest BCUT2D eigenvalue weighted by molar-refractivity contribution is -0.119. The van der Waals surface area contributed by atoms with Gasteiger partial charge in [-0.05, 0) is 43.5 Å². The number of nitrogens with zero attached hydrogens (tertiary/aromatic N) is 2. The van der Waals surface area contributed by atoms with Gasteiger partial charge >= 0.3 is 0 Å². The first-order valence-electron chi connectivity index (χ1n) is 10.5. The maximum atomic E-state index is 13.0. The Labute approximate surface area is 191 Å². The molecular formula is C23H30N4O4S. The zero-order valence-electron chi connectivity index (χ0n) is 19.3. The van der Waals surface area contributed by atoms with Crippen LogP contribution in [0.2, 0.25) is 0 Å². The van der Waals surface area contributed by atoms with Crippen LogP contribution in [0.3, 0.4) is 0 Å². The molecule has 0 saturated heterocycles. The van der Waals surface area contributed by atoms with Gasteiger partial charge in [-0.15, -0.1) is 0 Å². The fourth-order valence-corrected chi connectivity index (χ4v) is 4.29. The van der Waals surface area contributed by atoms with E-state index in [1.165, 1.54) is 11.8 Å². The van der Waals surface area contributed by atoms with Crippen molar-refractivity contribution in [2.45, 2.75) is 45.4 Å². The second kappa shape index (κ2) is 10.1. The Morgan fingerprint density at radius 1 is 1.19 bits per heavy atom. The van der Waals surface area contributed by atoms with Crippen LogP contribution in [-0.2, 0) is 11.3 Å². The molecule has 2 heterocycles. The minimum Gasteiger partial charge on any atom is -0.493 e. The predicted octanol–water partition coefficient (Wildman–Crippen LogP) is 3.68. The lowest BCUT2D eigenvalue weighted by atomic mass is 10.1. The van der Waals surface area contributed by atoms with Crippen LogP contribution in [0.4, 0.5) is 0 Å². The summed E-state index contributed by atoms with van der Waals surface area (Å²) >= 11 is 1.27. The van der Waals surface area contributed by atoms with Gasteiger partial charge in [0.1, 0.15) is 5.52 Å². The Balaban J connectivity index is 1.74. The average molecular weight is 459 g/mol. The Morgan fingerprint density at radius 3 is 2.56 bits per heavy atom. The number of ether oxygens (including phenoxy) is 2. The van der Waals surface area contributed by atoms with Crippen LogP contribution in [0, 0.1) is 12.8 Å². The van der Waals surface area contributed by atoms with Gasteiger partial charge in [-0.3, -0.25) is 14.2 Å². The molecule has 9 heteroatoms. The Bertz CT molecular complexity index is 1170. The fourth-order valence-electron chi connectivity index (χ4n) is 3.47. The van der Waals surface area contributed by atoms with E-state index in [1.807, 2.05) is 52.0 Å². The van der Waals surface area contributed by atoms with Crippen molar-refractivity contribution in [3.05, 3.63) is 45.9 Å². The lowest BCUT2D eigenvalue weighted by Gasteiger charge is -2.17. The second-order valence-electron chi connectivity index (χ2n) is 8.11. The number of hydrogen-bond acceptors (Lipinski definition) is 6. The molecule has 172 valence electrons. The highest BCUT2D eigenvalue weighted by molar-refractivity contribution is 7.99. The van der Waals surface area contributed by atoms with Crippen molar-refractivity contribution < 1.29 is 14.3 Å². The van der Waals surface area contributed by atoms with Gasteiger partial charge in [-0.1, -0.05) is 31.7 Å². The number of aromatic amines is 1. The number of carbonyl (C=O) groups is 1. The van der Waals surface area contributed by atoms with E-state index < -0.39 is 0 Å². The first-order chi connectivity index (χ1) is 15.2. The van der Waals surface area contributed by atoms with Gasteiger partial charge in [0.15, 0.2) is 16.7 Å². The molecule has 3 rings (SSSR count). The SMILES string of the molecule is COc1ccc([C@@H](C)NC(=O)CSc2nc3cc(C)[nH]c3c(=O)n2CC(C)C)cc1OC. The predicted molar refractivity (Wildman–Crippen MR) is 127 cm³/mol. The van der Waals surface area contributed by atoms with E-state index in [4.69, 9.17) is 9.47 Å². The molecule has 0 aliphatic rings. The van der Waals surface area contributed by atoms with Gasteiger partial charge in [0.2, 0.25) is 5.91 Å². The summed E-state index contributed by atoms with van der Waals surface area (Å²) in [5, 5.41) is 3.54. The van der Waals surface area contributed by atoms with Crippen LogP contribution in [-0.4, -0.2) is 40.4 Å². The summed E-state index contributed by atoms with van der Waals surface area (Å²) in [4.78, 5) is 33.4. The number of hydrogen-bond donors (Lipinski definition) is 2. The summed E-state index contributed by atoms with van der Waals surface area (Å²) in [5.41, 5.74) is 2.79. The number of amides is 1. The van der Waals surface area contributed by atoms with Crippen LogP contribution in [0.5, 0.6) is 11.5 Å². The van der Waals surface area contributed by atoms with E-state index in [0.29, 0.717) is 34.2 Å². The van der Waals surface area contributed by atoms with Crippen molar-refractivity contribution in [1.82, 2.24) is 19.9 Å². The third kappa shape index (κ3) is 5.27. The van der Waals surface area contributed by atoms with Crippen LogP contribution < -0.4 is 20.3 Å². The van der Waals surface area contributed by atoms with Gasteiger partial charge in [0.25, 0.3) is 5.56 Å². The van der Waals surface area contributed by atoms with Crippen LogP contribution in [0.15, 0.2) is 34.2 Å². The van der Waals surface area contributed by atoms with Gasteiger partial charge in [-0.25, -0.2) is 4.98 Å². The monoisotopic (exact) mass is 458 g/mol. The van der Waals surface area contributed by atoms with E-state index in [2.05, 4.69) is 15.3 Å². The summed E-state index contributed by atoms with van der Waals surface area (Å²) in [6.45, 7) is 8.42. The molecule has 0 saturated carbocycles. The maximum absolute atomic E-state index is 13.0. The molecule has 2 N–H and O–H groups in total. The first kappa shape index (κ1) is 23.7. The molecule has 0 bridgehead atoms. The van der Waals surface area contributed by atoms with E-state index in [0.717, 1.165) is 11.3 Å². The van der Waals surface area contributed by atoms with Crippen molar-refractivity contribution in [3.8, 4) is 11.5 Å². The number of thioether (sulfide) groups is 1. The molecule has 32 heavy (non-hydrogen) atoms. The van der Waals surface area contributed by atoms with Crippen LogP contribution >= 0.6 is 11.8 Å². The zero-order valence-corrected chi connectivity index (χ0v) is 20.1. The minimum absolute atomic E-state index is 0.113. The molecule has 0 unspecified atom stereocenters. The highest BCUT2D eigenvalue weighted by Gasteiger charge is 2.17. The van der Waals surface area contributed by atoms with E-state index in [1.54, 1.807) is 18.8 Å². The van der Waals surface area contributed by atoms with Crippen molar-refractivity contribution in [2.24, 2.45) is 5.92 Å². The average Bonchev–Trinajstić information content (AvgIpc) is 3.14. The summed E-state index contributed by atoms with van der Waals surface area (Å²) < 4.78 is 12.3. The van der Waals surface area contributed by atoms with E-state index >= 15 is 0 Å². The van der Waals surface area contributed by atoms with Gasteiger partial charge < -0.3 is 19.8 Å². The number of fused-ring (bicyclic) bond motifs is 1. The lowest BCUT2D eigenvalue weighted by Crippen LogP contribution is -2.29. The number of nitrogens with one attached hydrogen (secondary N) is 2. The molecule has 1 aromatic carbocycles. The third-order valence-electron chi connectivity index (χ3n) is 5.00. The van der Waals surface area contributed by atoms with Crippen molar-refractivity contribution in [1.29, 1.82) is 0 Å². The number of rotatable bonds is 9. The largest absolute Gasteiger partial charge is 0.493 e. The number of carbonyl (C=O) groups excluding carboxylic acids is 1. The summed E-state index contributed by atoms with van der Waals surface area (Å²) in [5.74, 6) is 1.51. The van der Waals surface area contributed by atoms with Crippen molar-refractivity contribution >= 4 is 28.7 Å². The molecule has 1 atom stereocenters. The topological polar surface area (TPSA) is 98.2 Å². The summed E-state index contributed by atoms with van der Waals surface area (Å²) in [7, 11) is 3.16. The molecule has 0 fully saturated rings. The third-order valence-corrected chi connectivity index (χ3v) is 5.98. The molecule has 3 aromatic rings. The van der Waals surface area contributed by atoms with Crippen LogP contribution in [0.1, 0.15) is 38.1 Å². The first-order valence-corrected chi connectivity index (χ1v) is 11.5. The van der Waals surface area contributed by atoms with Crippen molar-refractivity contribution in [2.75, 3.05) is 20.0 Å². The Kier molecular flexibility index (Phi) is 7.50. The van der Waals surface area contributed by atoms with Crippen molar-refractivity contribution in [3.63, 3.8) is 0 Å². The zero-order chi connectivity index (χ0) is 23.4. The molecule has 0 radical (unpaired) electrons. The van der Waals surface area contributed by atoms with Gasteiger partial charge in [0, 0.05) is 12.2 Å². The van der Waals surface area contributed by atoms with Crippen LogP contribution in [0.25, 0.3) is 11.0 Å². The molecular weight excluding hydrogens is 428 g/mol. The summed E-state index contributed by atoms with van der Waals surface area (Å²) in [6.07, 6.45) is 0. The van der Waals surface area contributed by atoms with E-state index in [9.17, 15) is 9.59 Å². The molecule has 8 nitrogen and oxygen atoms in total. The summed E-state index contributed by atoms with van der Waals surface area (Å²) in [6, 6.07) is 7.18. The minimum atomic E-state index is -0.219. The fraction of sp³-hybridized carbons (Fsp3) is 0.435. The smallest absolute Gasteiger partial charge is 0.278 e. The number of aryl methyl sites for hydroxylation is 1. The van der Waals surface area contributed by atoms with Gasteiger partial charge in [-0.2, -0.15) is 0 Å². The normalized spacial score (nSPS) is 12.2. The molecule has 1 amide bonds. The quantitative estimate of drug-likeness (QED) is 0.375. The second-order valence-corrected chi connectivity index (χ2v) is 9.05. The Hall–Kier alpha value is -2.94. The number of aromatic nitrogens is 3. The molecule has 0 aliphatic carbocycles. The highest BCUT2D eigenvalue weighted by atomic mass is 32.2. The number of benzene rings is 1. The highest BCUT2D eigenvalue weighted by Crippen LogP contribution is 2.30.